The molecule has 2 N–H and O–H groups in total. The Hall–Kier alpha value is -2.89. The van der Waals surface area contributed by atoms with Crippen LogP contribution in [0.25, 0.3) is 0 Å². The van der Waals surface area contributed by atoms with E-state index in [1.54, 1.807) is 19.2 Å². The van der Waals surface area contributed by atoms with Crippen LogP contribution in [0, 0.1) is 0 Å². The predicted molar refractivity (Wildman–Crippen MR) is 98.9 cm³/mol. The van der Waals surface area contributed by atoms with Crippen LogP contribution in [0.4, 0.5) is 11.4 Å². The minimum absolute atomic E-state index is 0.136. The van der Waals surface area contributed by atoms with Gasteiger partial charge in [-0.25, -0.2) is 0 Å². The summed E-state index contributed by atoms with van der Waals surface area (Å²) in [5.74, 6) is 1.89. The van der Waals surface area contributed by atoms with Crippen molar-refractivity contribution in [1.29, 1.82) is 0 Å². The summed E-state index contributed by atoms with van der Waals surface area (Å²) in [6.07, 6.45) is 0. The molecule has 0 spiro atoms. The van der Waals surface area contributed by atoms with Gasteiger partial charge in [0.25, 0.3) is 0 Å². The van der Waals surface area contributed by atoms with Gasteiger partial charge in [0.15, 0.2) is 0 Å². The van der Waals surface area contributed by atoms with Gasteiger partial charge in [-0.05, 0) is 50.2 Å². The first-order valence-electron chi connectivity index (χ1n) is 8.23. The first-order valence-corrected chi connectivity index (χ1v) is 8.23. The summed E-state index contributed by atoms with van der Waals surface area (Å²) in [4.78, 5) is 12.2. The molecule has 25 heavy (non-hydrogen) atoms. The van der Waals surface area contributed by atoms with Crippen molar-refractivity contribution < 1.29 is 19.0 Å². The van der Waals surface area contributed by atoms with E-state index in [1.807, 2.05) is 44.2 Å². The topological polar surface area (TPSA) is 68.8 Å². The lowest BCUT2D eigenvalue weighted by Crippen LogP contribution is -2.22. The van der Waals surface area contributed by atoms with Crippen molar-refractivity contribution in [3.63, 3.8) is 0 Å². The standard InChI is InChI=1S/C19H24N2O4/c1-4-24-16-10-11-18(25-5-2)17(12-16)21-19(22)13-20-14-6-8-15(23-3)9-7-14/h6-12,20H,4-5,13H2,1-3H3,(H,21,22). The molecule has 0 saturated carbocycles. The maximum Gasteiger partial charge on any atom is 0.243 e. The summed E-state index contributed by atoms with van der Waals surface area (Å²) in [7, 11) is 1.61. The van der Waals surface area contributed by atoms with Gasteiger partial charge in [0, 0.05) is 11.8 Å². The number of amides is 1. The normalized spacial score (nSPS) is 10.0. The molecule has 0 fully saturated rings. The molecule has 134 valence electrons. The van der Waals surface area contributed by atoms with Crippen LogP contribution in [0.2, 0.25) is 0 Å². The Morgan fingerprint density at radius 1 is 0.960 bits per heavy atom. The number of carbonyl (C=O) groups excluding carboxylic acids is 1. The number of anilines is 2. The molecule has 0 aliphatic heterocycles. The van der Waals surface area contributed by atoms with E-state index in [9.17, 15) is 4.79 Å². The molecule has 0 aromatic heterocycles. The zero-order valence-corrected chi connectivity index (χ0v) is 14.8. The Labute approximate surface area is 148 Å². The van der Waals surface area contributed by atoms with Crippen molar-refractivity contribution in [2.45, 2.75) is 13.8 Å². The lowest BCUT2D eigenvalue weighted by atomic mass is 10.2. The van der Waals surface area contributed by atoms with Crippen molar-refractivity contribution in [1.82, 2.24) is 0 Å². The van der Waals surface area contributed by atoms with Crippen LogP contribution < -0.4 is 24.8 Å². The average Bonchev–Trinajstić information content (AvgIpc) is 2.63. The number of ether oxygens (including phenoxy) is 3. The fraction of sp³-hybridized carbons (Fsp3) is 0.316. The fourth-order valence-electron chi connectivity index (χ4n) is 2.23. The molecule has 2 aromatic carbocycles. The van der Waals surface area contributed by atoms with Crippen molar-refractivity contribution in [2.75, 3.05) is 37.5 Å². The van der Waals surface area contributed by atoms with E-state index in [0.29, 0.717) is 30.4 Å². The molecule has 0 heterocycles. The van der Waals surface area contributed by atoms with Gasteiger partial charge in [0.05, 0.1) is 32.6 Å². The summed E-state index contributed by atoms with van der Waals surface area (Å²) >= 11 is 0. The van der Waals surface area contributed by atoms with Crippen molar-refractivity contribution >= 4 is 17.3 Å². The summed E-state index contributed by atoms with van der Waals surface area (Å²) < 4.78 is 16.1. The molecule has 6 nitrogen and oxygen atoms in total. The highest BCUT2D eigenvalue weighted by Crippen LogP contribution is 2.29. The van der Waals surface area contributed by atoms with Crippen LogP contribution in [-0.4, -0.2) is 32.8 Å². The van der Waals surface area contributed by atoms with Crippen LogP contribution in [0.5, 0.6) is 17.2 Å². The smallest absolute Gasteiger partial charge is 0.243 e. The van der Waals surface area contributed by atoms with Gasteiger partial charge in [-0.15, -0.1) is 0 Å². The lowest BCUT2D eigenvalue weighted by Gasteiger charge is -2.14. The first kappa shape index (κ1) is 18.4. The maximum atomic E-state index is 12.2. The molecule has 2 aromatic rings. The molecular weight excluding hydrogens is 320 g/mol. The van der Waals surface area contributed by atoms with Crippen LogP contribution >= 0.6 is 0 Å². The van der Waals surface area contributed by atoms with Gasteiger partial charge in [-0.1, -0.05) is 0 Å². The second kappa shape index (κ2) is 9.42. The van der Waals surface area contributed by atoms with E-state index < -0.39 is 0 Å². The maximum absolute atomic E-state index is 12.2. The zero-order chi connectivity index (χ0) is 18.1. The summed E-state index contributed by atoms with van der Waals surface area (Å²) in [5.41, 5.74) is 1.43. The number of benzene rings is 2. The Bertz CT molecular complexity index is 686. The minimum Gasteiger partial charge on any atom is -0.497 e. The van der Waals surface area contributed by atoms with Gasteiger partial charge in [0.2, 0.25) is 5.91 Å². The third-order valence-electron chi connectivity index (χ3n) is 3.38. The number of rotatable bonds is 9. The van der Waals surface area contributed by atoms with Gasteiger partial charge in [-0.3, -0.25) is 4.79 Å². The largest absolute Gasteiger partial charge is 0.497 e. The van der Waals surface area contributed by atoms with E-state index in [0.717, 1.165) is 11.4 Å². The number of hydrogen-bond acceptors (Lipinski definition) is 5. The van der Waals surface area contributed by atoms with Gasteiger partial charge >= 0.3 is 0 Å². The Kier molecular flexibility index (Phi) is 6.95. The Morgan fingerprint density at radius 2 is 1.64 bits per heavy atom. The molecule has 0 unspecified atom stereocenters. The molecule has 0 atom stereocenters. The van der Waals surface area contributed by atoms with Gasteiger partial charge in [0.1, 0.15) is 17.2 Å². The molecule has 6 heteroatoms. The average molecular weight is 344 g/mol. The fourth-order valence-corrected chi connectivity index (χ4v) is 2.23. The van der Waals surface area contributed by atoms with Gasteiger partial charge < -0.3 is 24.8 Å². The molecule has 0 aliphatic carbocycles. The second-order valence-electron chi connectivity index (χ2n) is 5.15. The van der Waals surface area contributed by atoms with Crippen LogP contribution in [0.15, 0.2) is 42.5 Å². The van der Waals surface area contributed by atoms with Gasteiger partial charge in [-0.2, -0.15) is 0 Å². The molecule has 0 bridgehead atoms. The summed E-state index contributed by atoms with van der Waals surface area (Å²) in [6.45, 7) is 5.01. The molecule has 0 saturated heterocycles. The van der Waals surface area contributed by atoms with E-state index in [2.05, 4.69) is 10.6 Å². The predicted octanol–water partition coefficient (Wildman–Crippen LogP) is 3.54. The Morgan fingerprint density at radius 3 is 2.28 bits per heavy atom. The third-order valence-corrected chi connectivity index (χ3v) is 3.38. The number of methoxy groups -OCH3 is 1. The van der Waals surface area contributed by atoms with Crippen LogP contribution in [0.3, 0.4) is 0 Å². The highest BCUT2D eigenvalue weighted by Gasteiger charge is 2.10. The zero-order valence-electron chi connectivity index (χ0n) is 14.8. The quantitative estimate of drug-likeness (QED) is 0.728. The van der Waals surface area contributed by atoms with E-state index >= 15 is 0 Å². The van der Waals surface area contributed by atoms with Crippen molar-refractivity contribution in [3.05, 3.63) is 42.5 Å². The highest BCUT2D eigenvalue weighted by atomic mass is 16.5. The first-order chi connectivity index (χ1) is 12.2. The van der Waals surface area contributed by atoms with E-state index in [-0.39, 0.29) is 12.5 Å². The molecular formula is C19H24N2O4. The molecule has 2 rings (SSSR count). The third kappa shape index (κ3) is 5.60. The minimum atomic E-state index is -0.176. The van der Waals surface area contributed by atoms with Crippen LogP contribution in [-0.2, 0) is 4.79 Å². The molecule has 1 amide bonds. The van der Waals surface area contributed by atoms with Crippen LogP contribution in [0.1, 0.15) is 13.8 Å². The van der Waals surface area contributed by atoms with Crippen molar-refractivity contribution in [2.24, 2.45) is 0 Å². The monoisotopic (exact) mass is 344 g/mol. The summed E-state index contributed by atoms with van der Waals surface area (Å²) in [5, 5.41) is 5.92. The second-order valence-corrected chi connectivity index (χ2v) is 5.15. The number of nitrogens with one attached hydrogen (secondary N) is 2. The van der Waals surface area contributed by atoms with E-state index in [1.165, 1.54) is 0 Å². The SMILES string of the molecule is CCOc1ccc(OCC)c(NC(=O)CNc2ccc(OC)cc2)c1. The van der Waals surface area contributed by atoms with Crippen molar-refractivity contribution in [3.8, 4) is 17.2 Å². The molecule has 0 aliphatic rings. The number of hydrogen-bond donors (Lipinski definition) is 2. The van der Waals surface area contributed by atoms with E-state index in [4.69, 9.17) is 14.2 Å². The lowest BCUT2D eigenvalue weighted by molar-refractivity contribution is -0.114. The molecule has 0 radical (unpaired) electrons. The number of carbonyl (C=O) groups is 1. The Balaban J connectivity index is 1.99. The highest BCUT2D eigenvalue weighted by molar-refractivity contribution is 5.95. The summed E-state index contributed by atoms with van der Waals surface area (Å²) in [6, 6.07) is 12.7.